The number of carbonyl (C=O) groups excluding carboxylic acids is 1. The van der Waals surface area contributed by atoms with Crippen LogP contribution in [0.2, 0.25) is 0 Å². The third-order valence-corrected chi connectivity index (χ3v) is 8.28. The minimum Gasteiger partial charge on any atom is -0.473 e. The van der Waals surface area contributed by atoms with Crippen LogP contribution in [0.4, 0.5) is 19.0 Å². The molecule has 39 heavy (non-hydrogen) atoms. The molecule has 2 fully saturated rings. The molecular weight excluding hydrogens is 535 g/mol. The van der Waals surface area contributed by atoms with Crippen molar-refractivity contribution in [3.63, 3.8) is 0 Å². The summed E-state index contributed by atoms with van der Waals surface area (Å²) in [4.78, 5) is 19.9. The Bertz CT molecular complexity index is 1490. The van der Waals surface area contributed by atoms with Crippen LogP contribution in [0.5, 0.6) is 5.88 Å². The molecule has 0 bridgehead atoms. The van der Waals surface area contributed by atoms with Crippen molar-refractivity contribution in [3.05, 3.63) is 60.3 Å². The second-order valence-corrected chi connectivity index (χ2v) is 12.3. The Morgan fingerprint density at radius 2 is 1.85 bits per heavy atom. The fourth-order valence-corrected chi connectivity index (χ4v) is 6.03. The highest BCUT2D eigenvalue weighted by Gasteiger charge is 2.58. The third kappa shape index (κ3) is 5.58. The van der Waals surface area contributed by atoms with Gasteiger partial charge < -0.3 is 9.64 Å². The van der Waals surface area contributed by atoms with E-state index in [1.54, 1.807) is 18.2 Å². The predicted octanol–water partition coefficient (Wildman–Crippen LogP) is 4.34. The topological polar surface area (TPSA) is 106 Å². The first-order chi connectivity index (χ1) is 18.2. The molecule has 1 saturated heterocycles. The van der Waals surface area contributed by atoms with Crippen LogP contribution in [0.25, 0.3) is 5.82 Å². The maximum Gasteiger partial charge on any atom is 0.395 e. The summed E-state index contributed by atoms with van der Waals surface area (Å²) in [6.45, 7) is 6.69. The smallest absolute Gasteiger partial charge is 0.395 e. The van der Waals surface area contributed by atoms with E-state index in [0.717, 1.165) is 6.42 Å². The molecule has 1 amide bonds. The number of benzene rings is 1. The van der Waals surface area contributed by atoms with Crippen molar-refractivity contribution >= 4 is 21.7 Å². The lowest BCUT2D eigenvalue weighted by atomic mass is 9.97. The van der Waals surface area contributed by atoms with Crippen LogP contribution in [-0.4, -0.2) is 53.5 Å². The summed E-state index contributed by atoms with van der Waals surface area (Å²) in [7, 11) is -4.13. The minimum atomic E-state index is -4.31. The highest BCUT2D eigenvalue weighted by molar-refractivity contribution is 7.90. The summed E-state index contributed by atoms with van der Waals surface area (Å²) in [5, 5.41) is 4.22. The number of amides is 1. The summed E-state index contributed by atoms with van der Waals surface area (Å²) in [6, 6.07) is 12.0. The number of sulfonamides is 1. The number of rotatable bonds is 7. The number of halogens is 3. The monoisotopic (exact) mass is 563 g/mol. The van der Waals surface area contributed by atoms with E-state index in [1.807, 2.05) is 18.7 Å². The molecule has 2 aliphatic rings. The van der Waals surface area contributed by atoms with E-state index >= 15 is 0 Å². The van der Waals surface area contributed by atoms with E-state index in [0.29, 0.717) is 18.3 Å². The van der Waals surface area contributed by atoms with Crippen molar-refractivity contribution in [1.29, 1.82) is 0 Å². The van der Waals surface area contributed by atoms with Crippen LogP contribution in [-0.2, 0) is 10.0 Å². The van der Waals surface area contributed by atoms with E-state index in [1.165, 1.54) is 41.2 Å². The van der Waals surface area contributed by atoms with Crippen molar-refractivity contribution < 1.29 is 31.1 Å². The van der Waals surface area contributed by atoms with Gasteiger partial charge in [0, 0.05) is 24.3 Å². The molecule has 1 aromatic carbocycles. The van der Waals surface area contributed by atoms with Gasteiger partial charge in [-0.15, -0.1) is 5.10 Å². The zero-order chi connectivity index (χ0) is 28.2. The quantitative estimate of drug-likeness (QED) is 0.456. The molecule has 13 heteroatoms. The Hall–Kier alpha value is -3.61. The number of anilines is 1. The number of alkyl halides is 3. The molecule has 1 aliphatic carbocycles. The lowest BCUT2D eigenvalue weighted by molar-refractivity contribution is -0.153. The highest BCUT2D eigenvalue weighted by atomic mass is 32.2. The highest BCUT2D eigenvalue weighted by Crippen LogP contribution is 2.46. The van der Waals surface area contributed by atoms with Crippen molar-refractivity contribution in [3.8, 4) is 11.7 Å². The largest absolute Gasteiger partial charge is 0.473 e. The predicted molar refractivity (Wildman–Crippen MR) is 136 cm³/mol. The number of carbonyl (C=O) groups is 1. The second-order valence-electron chi connectivity index (χ2n) is 10.7. The van der Waals surface area contributed by atoms with E-state index in [4.69, 9.17) is 4.74 Å². The van der Waals surface area contributed by atoms with Gasteiger partial charge in [-0.3, -0.25) is 4.79 Å². The summed E-state index contributed by atoms with van der Waals surface area (Å²) >= 11 is 0. The Morgan fingerprint density at radius 3 is 2.46 bits per heavy atom. The molecule has 2 aromatic heterocycles. The van der Waals surface area contributed by atoms with Gasteiger partial charge in [-0.1, -0.05) is 25.1 Å². The van der Waals surface area contributed by atoms with Gasteiger partial charge in [0.15, 0.2) is 5.82 Å². The molecule has 5 rings (SSSR count). The van der Waals surface area contributed by atoms with Gasteiger partial charge in [0.2, 0.25) is 5.88 Å². The number of aromatic nitrogens is 3. The first-order valence-corrected chi connectivity index (χ1v) is 13.9. The van der Waals surface area contributed by atoms with Gasteiger partial charge in [0.25, 0.3) is 15.9 Å². The molecule has 0 unspecified atom stereocenters. The van der Waals surface area contributed by atoms with Gasteiger partial charge in [0.1, 0.15) is 11.9 Å². The number of hydrogen-bond donors (Lipinski definition) is 1. The Morgan fingerprint density at radius 1 is 1.13 bits per heavy atom. The summed E-state index contributed by atoms with van der Waals surface area (Å²) in [6.07, 6.45) is -3.07. The molecule has 9 nitrogen and oxygen atoms in total. The molecule has 1 saturated carbocycles. The average molecular weight is 564 g/mol. The van der Waals surface area contributed by atoms with Gasteiger partial charge in [-0.2, -0.15) is 13.2 Å². The standard InChI is InChI=1S/C26H28F3N5O4S/c1-16-14-25(2,3)33(15-16)23-18(24(35)32-39(36,37)17-7-5-4-6-8-17)9-10-21(30-23)34-12-11-22(31-34)38-20-13-19(20)26(27,28)29/h4-12,16,19-20H,13-15H2,1-3H3,(H,32,35)/t16-,19-,20-/m0/s1. The molecule has 0 radical (unpaired) electrons. The molecule has 208 valence electrons. The first kappa shape index (κ1) is 27.0. The van der Waals surface area contributed by atoms with E-state index in [-0.39, 0.29) is 34.1 Å². The second kappa shape index (κ2) is 9.54. The van der Waals surface area contributed by atoms with Crippen LogP contribution in [0.15, 0.2) is 59.6 Å². The van der Waals surface area contributed by atoms with Gasteiger partial charge in [-0.05, 0) is 56.9 Å². The molecular formula is C26H28F3N5O4S. The SMILES string of the molecule is C[C@@H]1CN(c2nc(-n3ccc(O[C@H]4C[C@@H]4C(F)(F)F)n3)ccc2C(=O)NS(=O)(=O)c2ccccc2)C(C)(C)C1. The first-order valence-electron chi connectivity index (χ1n) is 12.4. The number of ether oxygens (including phenoxy) is 1. The van der Waals surface area contributed by atoms with E-state index in [2.05, 4.69) is 21.7 Å². The maximum atomic E-state index is 13.3. The van der Waals surface area contributed by atoms with Crippen LogP contribution in [0.1, 0.15) is 44.0 Å². The van der Waals surface area contributed by atoms with Crippen LogP contribution >= 0.6 is 0 Å². The van der Waals surface area contributed by atoms with Gasteiger partial charge in [-0.25, -0.2) is 22.8 Å². The molecule has 3 aromatic rings. The molecule has 3 atom stereocenters. The lowest BCUT2D eigenvalue weighted by Gasteiger charge is -2.34. The molecule has 1 aliphatic heterocycles. The number of nitrogens with one attached hydrogen (secondary N) is 1. The Labute approximate surface area is 224 Å². The Kier molecular flexibility index (Phi) is 6.60. The van der Waals surface area contributed by atoms with Crippen molar-refractivity contribution in [1.82, 2.24) is 19.5 Å². The summed E-state index contributed by atoms with van der Waals surface area (Å²) in [5.41, 5.74) is -0.315. The minimum absolute atomic E-state index is 0.0287. The van der Waals surface area contributed by atoms with Crippen LogP contribution < -0.4 is 14.4 Å². The van der Waals surface area contributed by atoms with E-state index in [9.17, 15) is 26.4 Å². The Balaban J connectivity index is 1.45. The number of hydrogen-bond acceptors (Lipinski definition) is 7. The van der Waals surface area contributed by atoms with E-state index < -0.39 is 34.1 Å². The summed E-state index contributed by atoms with van der Waals surface area (Å²) in [5.74, 6) is -1.45. The van der Waals surface area contributed by atoms with Gasteiger partial charge >= 0.3 is 6.18 Å². The van der Waals surface area contributed by atoms with Crippen LogP contribution in [0.3, 0.4) is 0 Å². The third-order valence-electron chi connectivity index (χ3n) is 6.94. The maximum absolute atomic E-state index is 13.3. The zero-order valence-electron chi connectivity index (χ0n) is 21.5. The average Bonchev–Trinajstić information content (AvgIpc) is 3.39. The number of pyridine rings is 1. The normalized spacial score (nSPS) is 22.5. The van der Waals surface area contributed by atoms with Gasteiger partial charge in [0.05, 0.1) is 16.4 Å². The van der Waals surface area contributed by atoms with Crippen LogP contribution in [0, 0.1) is 11.8 Å². The van der Waals surface area contributed by atoms with Crippen molar-refractivity contribution in [2.75, 3.05) is 11.4 Å². The van der Waals surface area contributed by atoms with Crippen molar-refractivity contribution in [2.45, 2.75) is 56.3 Å². The molecule has 1 N–H and O–H groups in total. The molecule has 3 heterocycles. The number of nitrogens with zero attached hydrogens (tertiary/aromatic N) is 4. The summed E-state index contributed by atoms with van der Waals surface area (Å²) < 4.78 is 73.1. The lowest BCUT2D eigenvalue weighted by Crippen LogP contribution is -2.41. The fraction of sp³-hybridized carbons (Fsp3) is 0.423. The fourth-order valence-electron chi connectivity index (χ4n) is 5.04. The zero-order valence-corrected chi connectivity index (χ0v) is 22.3. The molecule has 0 spiro atoms. The van der Waals surface area contributed by atoms with Crippen molar-refractivity contribution in [2.24, 2.45) is 11.8 Å².